The number of carbonyl (C=O) groups is 1. The number of hydrogen-bond donors (Lipinski definition) is 1. The molecule has 0 saturated carbocycles. The number of benzene rings is 1. The number of hydrogen-bond acceptors (Lipinski definition) is 3. The average molecular weight is 318 g/mol. The highest BCUT2D eigenvalue weighted by Crippen LogP contribution is 2.22. The summed E-state index contributed by atoms with van der Waals surface area (Å²) in [5.74, 6) is -1.08. The van der Waals surface area contributed by atoms with Gasteiger partial charge in [0.25, 0.3) is 0 Å². The third-order valence-corrected chi connectivity index (χ3v) is 3.18. The summed E-state index contributed by atoms with van der Waals surface area (Å²) in [5.41, 5.74) is 1.24. The van der Waals surface area contributed by atoms with E-state index in [0.29, 0.717) is 10.2 Å². The second-order valence-corrected chi connectivity index (χ2v) is 4.86. The Labute approximate surface area is 116 Å². The van der Waals surface area contributed by atoms with Crippen molar-refractivity contribution in [3.05, 3.63) is 52.9 Å². The first kappa shape index (κ1) is 11.9. The molecule has 2 heterocycles. The molecule has 0 amide bonds. The molecular weight excluding hydrogens is 310 g/mol. The van der Waals surface area contributed by atoms with E-state index >= 15 is 0 Å². The van der Waals surface area contributed by atoms with Crippen LogP contribution in [-0.4, -0.2) is 25.8 Å². The lowest BCUT2D eigenvalue weighted by molar-refractivity contribution is 0.0690. The Kier molecular flexibility index (Phi) is 2.79. The molecule has 2 aromatic heterocycles. The summed E-state index contributed by atoms with van der Waals surface area (Å²) >= 11 is 3.30. The Morgan fingerprint density at radius 2 is 2.05 bits per heavy atom. The van der Waals surface area contributed by atoms with Crippen molar-refractivity contribution in [2.24, 2.45) is 0 Å². The molecule has 0 aliphatic carbocycles. The molecule has 0 aliphatic rings. The number of pyridine rings is 1. The molecule has 0 saturated heterocycles. The van der Waals surface area contributed by atoms with Crippen LogP contribution in [0.3, 0.4) is 0 Å². The van der Waals surface area contributed by atoms with Crippen LogP contribution >= 0.6 is 15.9 Å². The molecule has 0 unspecified atom stereocenters. The van der Waals surface area contributed by atoms with Gasteiger partial charge in [0.2, 0.25) is 0 Å². The molecule has 3 aromatic rings. The first-order chi connectivity index (χ1) is 9.16. The lowest BCUT2D eigenvalue weighted by atomic mass is 10.2. The summed E-state index contributed by atoms with van der Waals surface area (Å²) in [5, 5.41) is 14.4. The van der Waals surface area contributed by atoms with Gasteiger partial charge in [-0.1, -0.05) is 18.2 Å². The maximum atomic E-state index is 11.2. The summed E-state index contributed by atoms with van der Waals surface area (Å²) in [4.78, 5) is 15.2. The number of rotatable bonds is 2. The third kappa shape index (κ3) is 2.00. The van der Waals surface area contributed by atoms with E-state index in [2.05, 4.69) is 26.0 Å². The highest BCUT2D eigenvalue weighted by atomic mass is 79.9. The topological polar surface area (TPSA) is 68.0 Å². The predicted molar refractivity (Wildman–Crippen MR) is 73.5 cm³/mol. The Balaban J connectivity index is 2.32. The molecule has 0 spiro atoms. The van der Waals surface area contributed by atoms with Gasteiger partial charge >= 0.3 is 5.97 Å². The number of fused-ring (bicyclic) bond motifs is 1. The van der Waals surface area contributed by atoms with E-state index in [9.17, 15) is 9.90 Å². The lowest BCUT2D eigenvalue weighted by Gasteiger charge is -2.07. The van der Waals surface area contributed by atoms with Crippen LogP contribution in [0, 0.1) is 0 Å². The highest BCUT2D eigenvalue weighted by Gasteiger charge is 2.16. The van der Waals surface area contributed by atoms with Crippen molar-refractivity contribution >= 4 is 32.8 Å². The second kappa shape index (κ2) is 4.47. The van der Waals surface area contributed by atoms with Gasteiger partial charge in [0.05, 0.1) is 17.4 Å². The number of nitrogens with zero attached hydrogens (tertiary/aromatic N) is 3. The summed E-state index contributed by atoms with van der Waals surface area (Å²) in [7, 11) is 0. The van der Waals surface area contributed by atoms with E-state index in [1.54, 1.807) is 16.9 Å². The van der Waals surface area contributed by atoms with Gasteiger partial charge in [-0.25, -0.2) is 14.5 Å². The summed E-state index contributed by atoms with van der Waals surface area (Å²) in [6, 6.07) is 9.29. The molecule has 0 aliphatic heterocycles. The quantitative estimate of drug-likeness (QED) is 0.789. The summed E-state index contributed by atoms with van der Waals surface area (Å²) < 4.78 is 2.28. The molecule has 0 bridgehead atoms. The lowest BCUT2D eigenvalue weighted by Crippen LogP contribution is -2.09. The maximum Gasteiger partial charge on any atom is 0.356 e. The van der Waals surface area contributed by atoms with Crippen LogP contribution < -0.4 is 0 Å². The molecule has 5 nitrogen and oxygen atoms in total. The SMILES string of the molecule is O=C(O)c1ncc(Br)cc1-n1ncc2ccccc21. The van der Waals surface area contributed by atoms with E-state index < -0.39 is 5.97 Å². The van der Waals surface area contributed by atoms with E-state index in [1.165, 1.54) is 6.20 Å². The molecule has 1 aromatic carbocycles. The van der Waals surface area contributed by atoms with Gasteiger partial charge in [0.15, 0.2) is 5.69 Å². The van der Waals surface area contributed by atoms with Crippen molar-refractivity contribution in [3.8, 4) is 5.69 Å². The van der Waals surface area contributed by atoms with Crippen LogP contribution in [0.4, 0.5) is 0 Å². The first-order valence-electron chi connectivity index (χ1n) is 5.49. The smallest absolute Gasteiger partial charge is 0.356 e. The van der Waals surface area contributed by atoms with Gasteiger partial charge < -0.3 is 5.11 Å². The van der Waals surface area contributed by atoms with Gasteiger partial charge in [-0.2, -0.15) is 5.10 Å². The zero-order valence-electron chi connectivity index (χ0n) is 9.62. The van der Waals surface area contributed by atoms with Crippen molar-refractivity contribution in [3.63, 3.8) is 0 Å². The molecule has 0 atom stereocenters. The molecule has 19 heavy (non-hydrogen) atoms. The van der Waals surface area contributed by atoms with Crippen LogP contribution in [0.5, 0.6) is 0 Å². The minimum Gasteiger partial charge on any atom is -0.476 e. The van der Waals surface area contributed by atoms with Gasteiger partial charge in [-0.05, 0) is 28.1 Å². The van der Waals surface area contributed by atoms with Crippen LogP contribution in [-0.2, 0) is 0 Å². The fourth-order valence-corrected chi connectivity index (χ4v) is 2.24. The Bertz CT molecular complexity index is 782. The fourth-order valence-electron chi connectivity index (χ4n) is 1.92. The fraction of sp³-hybridized carbons (Fsp3) is 0. The number of carboxylic acid groups (broad SMARTS) is 1. The Morgan fingerprint density at radius 1 is 1.26 bits per heavy atom. The van der Waals surface area contributed by atoms with E-state index in [-0.39, 0.29) is 5.69 Å². The number of halogens is 1. The molecule has 1 N–H and O–H groups in total. The minimum absolute atomic E-state index is 0.0305. The minimum atomic E-state index is -1.08. The van der Waals surface area contributed by atoms with Crippen molar-refractivity contribution in [1.82, 2.24) is 14.8 Å². The molecule has 0 radical (unpaired) electrons. The first-order valence-corrected chi connectivity index (χ1v) is 6.28. The standard InChI is InChI=1S/C13H8BrN3O2/c14-9-5-11(12(13(18)19)15-7-9)17-10-4-2-1-3-8(10)6-16-17/h1-7H,(H,18,19). The summed E-state index contributed by atoms with van der Waals surface area (Å²) in [6.45, 7) is 0. The number of carboxylic acids is 1. The Morgan fingerprint density at radius 3 is 2.84 bits per heavy atom. The van der Waals surface area contributed by atoms with Crippen LogP contribution in [0.2, 0.25) is 0 Å². The second-order valence-electron chi connectivity index (χ2n) is 3.94. The number of aromatic carboxylic acids is 1. The molecular formula is C13H8BrN3O2. The third-order valence-electron chi connectivity index (χ3n) is 2.74. The molecule has 3 rings (SSSR count). The maximum absolute atomic E-state index is 11.2. The van der Waals surface area contributed by atoms with Gasteiger partial charge in [0, 0.05) is 16.1 Å². The van der Waals surface area contributed by atoms with E-state index in [1.807, 2.05) is 24.3 Å². The zero-order chi connectivity index (χ0) is 13.4. The van der Waals surface area contributed by atoms with Gasteiger partial charge in [-0.15, -0.1) is 0 Å². The Hall–Kier alpha value is -2.21. The number of aromatic nitrogens is 3. The zero-order valence-corrected chi connectivity index (χ0v) is 11.2. The van der Waals surface area contributed by atoms with Crippen molar-refractivity contribution in [2.45, 2.75) is 0 Å². The number of para-hydroxylation sites is 1. The van der Waals surface area contributed by atoms with Crippen molar-refractivity contribution < 1.29 is 9.90 Å². The van der Waals surface area contributed by atoms with Gasteiger partial charge in [-0.3, -0.25) is 0 Å². The van der Waals surface area contributed by atoms with Crippen molar-refractivity contribution in [2.75, 3.05) is 0 Å². The highest BCUT2D eigenvalue weighted by molar-refractivity contribution is 9.10. The van der Waals surface area contributed by atoms with Crippen LogP contribution in [0.15, 0.2) is 47.2 Å². The van der Waals surface area contributed by atoms with Crippen LogP contribution in [0.1, 0.15) is 10.5 Å². The molecule has 0 fully saturated rings. The van der Waals surface area contributed by atoms with E-state index in [4.69, 9.17) is 0 Å². The monoisotopic (exact) mass is 317 g/mol. The van der Waals surface area contributed by atoms with Crippen LogP contribution in [0.25, 0.3) is 16.6 Å². The van der Waals surface area contributed by atoms with E-state index in [0.717, 1.165) is 10.9 Å². The normalized spacial score (nSPS) is 10.8. The average Bonchev–Trinajstić information content (AvgIpc) is 2.82. The van der Waals surface area contributed by atoms with Crippen molar-refractivity contribution in [1.29, 1.82) is 0 Å². The van der Waals surface area contributed by atoms with Gasteiger partial charge in [0.1, 0.15) is 0 Å². The molecule has 94 valence electrons. The molecule has 6 heteroatoms. The summed E-state index contributed by atoms with van der Waals surface area (Å²) in [6.07, 6.45) is 3.15. The predicted octanol–water partition coefficient (Wildman–Crippen LogP) is 2.88. The largest absolute Gasteiger partial charge is 0.476 e.